The highest BCUT2D eigenvalue weighted by molar-refractivity contribution is 7.98. The van der Waals surface area contributed by atoms with E-state index in [-0.39, 0.29) is 0 Å². The van der Waals surface area contributed by atoms with Crippen LogP contribution in [0.5, 0.6) is 0 Å². The molecule has 3 nitrogen and oxygen atoms in total. The predicted octanol–water partition coefficient (Wildman–Crippen LogP) is 6.58. The Labute approximate surface area is 168 Å². The quantitative estimate of drug-likeness (QED) is 0.370. The lowest BCUT2D eigenvalue weighted by Gasteiger charge is -2.18. The minimum atomic E-state index is 0.624. The van der Waals surface area contributed by atoms with Crippen molar-refractivity contribution < 1.29 is 0 Å². The molecule has 5 rings (SSSR count). The summed E-state index contributed by atoms with van der Waals surface area (Å²) >= 11 is 16.0. The second kappa shape index (κ2) is 6.43. The SMILES string of the molecule is Clc1cc(Cl)c2c(c1)-c1c(cnn1-c1nc(-c3ccccc3)cs1)CS2. The number of thiazole rings is 1. The highest BCUT2D eigenvalue weighted by Crippen LogP contribution is 2.47. The average molecular weight is 416 g/mol. The Balaban J connectivity index is 1.66. The first-order valence-electron chi connectivity index (χ1n) is 7.91. The maximum absolute atomic E-state index is 6.42. The number of nitrogens with zero attached hydrogens (tertiary/aromatic N) is 3. The Morgan fingerprint density at radius 1 is 1.08 bits per heavy atom. The van der Waals surface area contributed by atoms with Crippen LogP contribution in [0, 0.1) is 0 Å². The Bertz CT molecular complexity index is 1120. The van der Waals surface area contributed by atoms with Crippen LogP contribution in [0.2, 0.25) is 10.0 Å². The summed E-state index contributed by atoms with van der Waals surface area (Å²) in [7, 11) is 0. The highest BCUT2D eigenvalue weighted by Gasteiger charge is 2.25. The van der Waals surface area contributed by atoms with Crippen molar-refractivity contribution >= 4 is 46.3 Å². The lowest BCUT2D eigenvalue weighted by molar-refractivity contribution is 0.875. The Kier molecular flexibility index (Phi) is 4.05. The maximum Gasteiger partial charge on any atom is 0.211 e. The molecule has 0 saturated heterocycles. The molecule has 0 saturated carbocycles. The van der Waals surface area contributed by atoms with Gasteiger partial charge in [0.15, 0.2) is 0 Å². The number of thioether (sulfide) groups is 1. The molecule has 0 amide bonds. The lowest BCUT2D eigenvalue weighted by atomic mass is 10.1. The van der Waals surface area contributed by atoms with Gasteiger partial charge in [-0.1, -0.05) is 53.5 Å². The predicted molar refractivity (Wildman–Crippen MR) is 110 cm³/mol. The lowest BCUT2D eigenvalue weighted by Crippen LogP contribution is -2.03. The molecule has 0 spiro atoms. The molecule has 0 radical (unpaired) electrons. The van der Waals surface area contributed by atoms with Crippen LogP contribution in [0.3, 0.4) is 0 Å². The first kappa shape index (κ1) is 16.4. The fourth-order valence-corrected chi connectivity index (χ4v) is 5.53. The monoisotopic (exact) mass is 415 g/mol. The summed E-state index contributed by atoms with van der Waals surface area (Å²) in [6.07, 6.45) is 1.91. The molecule has 1 aliphatic heterocycles. The molecule has 2 aromatic heterocycles. The van der Waals surface area contributed by atoms with Gasteiger partial charge in [0, 0.05) is 37.7 Å². The van der Waals surface area contributed by atoms with Gasteiger partial charge in [0.2, 0.25) is 5.13 Å². The van der Waals surface area contributed by atoms with E-state index in [4.69, 9.17) is 28.2 Å². The molecule has 2 aromatic carbocycles. The molecular weight excluding hydrogens is 405 g/mol. The molecule has 4 aromatic rings. The number of hydrogen-bond donors (Lipinski definition) is 0. The number of benzene rings is 2. The van der Waals surface area contributed by atoms with Crippen molar-refractivity contribution in [3.63, 3.8) is 0 Å². The van der Waals surface area contributed by atoms with Crippen molar-refractivity contribution in [3.05, 3.63) is 69.7 Å². The molecular formula is C19H11Cl2N3S2. The van der Waals surface area contributed by atoms with Crippen molar-refractivity contribution in [2.75, 3.05) is 0 Å². The molecule has 128 valence electrons. The summed E-state index contributed by atoms with van der Waals surface area (Å²) < 4.78 is 1.90. The molecule has 26 heavy (non-hydrogen) atoms. The third-order valence-corrected chi connectivity index (χ3v) is 6.85. The van der Waals surface area contributed by atoms with E-state index in [0.29, 0.717) is 10.0 Å². The fourth-order valence-electron chi connectivity index (χ4n) is 3.06. The van der Waals surface area contributed by atoms with Gasteiger partial charge in [-0.3, -0.25) is 0 Å². The fraction of sp³-hybridized carbons (Fsp3) is 0.0526. The zero-order chi connectivity index (χ0) is 17.7. The molecule has 3 heterocycles. The van der Waals surface area contributed by atoms with Gasteiger partial charge in [-0.2, -0.15) is 5.10 Å². The molecule has 7 heteroatoms. The number of aromatic nitrogens is 3. The first-order valence-corrected chi connectivity index (χ1v) is 10.5. The molecule has 0 aliphatic carbocycles. The summed E-state index contributed by atoms with van der Waals surface area (Å²) in [6.45, 7) is 0. The number of halogens is 2. The summed E-state index contributed by atoms with van der Waals surface area (Å²) in [6, 6.07) is 13.9. The number of fused-ring (bicyclic) bond motifs is 3. The van der Waals surface area contributed by atoms with E-state index in [1.54, 1.807) is 29.2 Å². The highest BCUT2D eigenvalue weighted by atomic mass is 35.5. The molecule has 0 atom stereocenters. The van der Waals surface area contributed by atoms with E-state index in [1.165, 1.54) is 0 Å². The van der Waals surface area contributed by atoms with Gasteiger partial charge in [-0.15, -0.1) is 23.1 Å². The second-order valence-electron chi connectivity index (χ2n) is 5.86. The van der Waals surface area contributed by atoms with Crippen LogP contribution in [0.1, 0.15) is 5.56 Å². The van der Waals surface area contributed by atoms with Crippen LogP contribution < -0.4 is 0 Å². The largest absolute Gasteiger partial charge is 0.218 e. The summed E-state index contributed by atoms with van der Waals surface area (Å²) in [5.41, 5.74) is 5.25. The van der Waals surface area contributed by atoms with Gasteiger partial charge >= 0.3 is 0 Å². The number of hydrogen-bond acceptors (Lipinski definition) is 4. The van der Waals surface area contributed by atoms with Crippen molar-refractivity contribution in [1.82, 2.24) is 14.8 Å². The third kappa shape index (κ3) is 2.67. The van der Waals surface area contributed by atoms with Crippen molar-refractivity contribution in [2.45, 2.75) is 10.6 Å². The van der Waals surface area contributed by atoms with E-state index >= 15 is 0 Å². The molecule has 0 unspecified atom stereocenters. The molecule has 1 aliphatic rings. The van der Waals surface area contributed by atoms with Gasteiger partial charge in [-0.25, -0.2) is 9.67 Å². The van der Waals surface area contributed by atoms with Gasteiger partial charge in [0.05, 0.1) is 22.6 Å². The van der Waals surface area contributed by atoms with Crippen molar-refractivity contribution in [3.8, 4) is 27.6 Å². The van der Waals surface area contributed by atoms with Crippen molar-refractivity contribution in [1.29, 1.82) is 0 Å². The first-order chi connectivity index (χ1) is 12.7. The Morgan fingerprint density at radius 2 is 1.92 bits per heavy atom. The standard InChI is InChI=1S/C19H11Cl2N3S2/c20-13-6-14-17-12(9-25-18(14)15(21)7-13)8-22-24(17)19-23-16(10-26-19)11-4-2-1-3-5-11/h1-8,10H,9H2. The minimum Gasteiger partial charge on any atom is -0.218 e. The van der Waals surface area contributed by atoms with E-state index < -0.39 is 0 Å². The van der Waals surface area contributed by atoms with Crippen LogP contribution in [-0.2, 0) is 5.75 Å². The topological polar surface area (TPSA) is 30.7 Å². The van der Waals surface area contributed by atoms with E-state index in [1.807, 2.05) is 35.1 Å². The van der Waals surface area contributed by atoms with Gasteiger partial charge < -0.3 is 0 Å². The van der Waals surface area contributed by atoms with Crippen LogP contribution in [-0.4, -0.2) is 14.8 Å². The van der Waals surface area contributed by atoms with E-state index in [2.05, 4.69) is 22.6 Å². The summed E-state index contributed by atoms with van der Waals surface area (Å²) in [5.74, 6) is 0.834. The molecule has 0 fully saturated rings. The minimum absolute atomic E-state index is 0.624. The normalized spacial score (nSPS) is 12.7. The third-order valence-electron chi connectivity index (χ3n) is 4.22. The van der Waals surface area contributed by atoms with Crippen LogP contribution >= 0.6 is 46.3 Å². The van der Waals surface area contributed by atoms with Gasteiger partial charge in [-0.05, 0) is 12.1 Å². The number of rotatable bonds is 2. The van der Waals surface area contributed by atoms with Crippen LogP contribution in [0.25, 0.3) is 27.6 Å². The smallest absolute Gasteiger partial charge is 0.211 e. The molecule has 0 bridgehead atoms. The zero-order valence-corrected chi connectivity index (χ0v) is 16.5. The maximum atomic E-state index is 6.42. The average Bonchev–Trinajstić information content (AvgIpc) is 3.29. The second-order valence-corrected chi connectivity index (χ2v) is 8.53. The van der Waals surface area contributed by atoms with Crippen LogP contribution in [0.15, 0.2) is 58.9 Å². The summed E-state index contributed by atoms with van der Waals surface area (Å²) in [5, 5.41) is 8.79. The summed E-state index contributed by atoms with van der Waals surface area (Å²) in [4.78, 5) is 5.84. The Morgan fingerprint density at radius 3 is 2.77 bits per heavy atom. The zero-order valence-electron chi connectivity index (χ0n) is 13.3. The van der Waals surface area contributed by atoms with Gasteiger partial charge in [0.25, 0.3) is 0 Å². The van der Waals surface area contributed by atoms with Crippen LogP contribution in [0.4, 0.5) is 0 Å². The van der Waals surface area contributed by atoms with Gasteiger partial charge in [0.1, 0.15) is 0 Å². The molecule has 0 N–H and O–H groups in total. The van der Waals surface area contributed by atoms with E-state index in [9.17, 15) is 0 Å². The van der Waals surface area contributed by atoms with E-state index in [0.717, 1.165) is 43.9 Å². The van der Waals surface area contributed by atoms with Crippen molar-refractivity contribution in [2.24, 2.45) is 0 Å². The Hall–Kier alpha value is -1.79.